The van der Waals surface area contributed by atoms with Crippen molar-refractivity contribution in [1.29, 1.82) is 0 Å². The number of amides is 2. The van der Waals surface area contributed by atoms with Gasteiger partial charge in [0.1, 0.15) is 5.82 Å². The highest BCUT2D eigenvalue weighted by atomic mass is 35.5. The van der Waals surface area contributed by atoms with Crippen LogP contribution in [-0.4, -0.2) is 50.8 Å². The Hall–Kier alpha value is -2.04. The molecule has 1 saturated heterocycles. The van der Waals surface area contributed by atoms with Crippen molar-refractivity contribution in [1.82, 2.24) is 9.62 Å². The molecule has 1 heterocycles. The van der Waals surface area contributed by atoms with Crippen LogP contribution in [0.2, 0.25) is 5.02 Å². The van der Waals surface area contributed by atoms with Gasteiger partial charge in [0, 0.05) is 19.5 Å². The lowest BCUT2D eigenvalue weighted by atomic mass is 10.3. The van der Waals surface area contributed by atoms with Gasteiger partial charge in [0.2, 0.25) is 15.9 Å². The summed E-state index contributed by atoms with van der Waals surface area (Å²) in [6.45, 7) is -0.562. The number of benzene rings is 1. The first-order valence-electron chi connectivity index (χ1n) is 7.64. The fourth-order valence-electron chi connectivity index (χ4n) is 2.22. The van der Waals surface area contributed by atoms with Crippen LogP contribution in [-0.2, 0) is 29.1 Å². The fourth-order valence-corrected chi connectivity index (χ4v) is 3.52. The van der Waals surface area contributed by atoms with Crippen molar-refractivity contribution in [3.05, 3.63) is 29.0 Å². The smallest absolute Gasteiger partial charge is 0.307 e. The van der Waals surface area contributed by atoms with Crippen LogP contribution in [0.1, 0.15) is 19.3 Å². The molecule has 1 aliphatic heterocycles. The molecule has 1 fully saturated rings. The number of hydrogen-bond acceptors (Lipinski definition) is 6. The maximum Gasteiger partial charge on any atom is 0.307 e. The number of rotatable bonds is 7. The Balaban J connectivity index is 1.77. The van der Waals surface area contributed by atoms with Gasteiger partial charge in [-0.2, -0.15) is 0 Å². The molecule has 1 aliphatic rings. The maximum atomic E-state index is 13.1. The number of hydrogen-bond donors (Lipinski definition) is 1. The van der Waals surface area contributed by atoms with Gasteiger partial charge >= 0.3 is 5.97 Å². The number of carbonyl (C=O) groups is 3. The molecule has 1 aromatic rings. The Morgan fingerprint density at radius 3 is 2.69 bits per heavy atom. The first kappa shape index (κ1) is 20.3. The first-order valence-corrected chi connectivity index (χ1v) is 9.50. The number of sulfonamides is 1. The van der Waals surface area contributed by atoms with Gasteiger partial charge in [0.15, 0.2) is 6.61 Å². The zero-order valence-electron chi connectivity index (χ0n) is 13.5. The molecular formula is C15H16ClFN2O6S. The number of halogens is 2. The minimum atomic E-state index is -3.98. The number of nitrogens with zero attached hydrogens (tertiary/aromatic N) is 1. The van der Waals surface area contributed by atoms with Crippen LogP contribution in [0.15, 0.2) is 23.1 Å². The highest BCUT2D eigenvalue weighted by Crippen LogP contribution is 2.19. The molecule has 0 saturated carbocycles. The summed E-state index contributed by atoms with van der Waals surface area (Å²) in [5, 5.41) is -0.345. The highest BCUT2D eigenvalue weighted by molar-refractivity contribution is 7.89. The summed E-state index contributed by atoms with van der Waals surface area (Å²) in [7, 11) is -3.98. The number of carbonyl (C=O) groups excluding carboxylic acids is 3. The predicted molar refractivity (Wildman–Crippen MR) is 88.1 cm³/mol. The number of esters is 1. The second-order valence-corrected chi connectivity index (χ2v) is 7.60. The molecule has 8 nitrogen and oxygen atoms in total. The van der Waals surface area contributed by atoms with Crippen LogP contribution in [0.4, 0.5) is 4.39 Å². The number of likely N-dealkylation sites (tertiary alicyclic amines) is 1. The van der Waals surface area contributed by atoms with E-state index in [9.17, 15) is 27.2 Å². The van der Waals surface area contributed by atoms with Gasteiger partial charge in [-0.3, -0.25) is 19.3 Å². The standard InChI is InChI=1S/C15H16ClFN2O6S/c16-11-8-10(3-4-12(11)17)26(23,24)18-6-5-15(22)25-9-14(21)19-7-1-2-13(19)20/h3-4,8,18H,1-2,5-7,9H2. The van der Waals surface area contributed by atoms with E-state index in [2.05, 4.69) is 4.72 Å². The largest absolute Gasteiger partial charge is 0.456 e. The van der Waals surface area contributed by atoms with E-state index in [1.54, 1.807) is 0 Å². The van der Waals surface area contributed by atoms with E-state index in [0.717, 1.165) is 23.1 Å². The van der Waals surface area contributed by atoms with Gasteiger partial charge < -0.3 is 4.74 Å². The van der Waals surface area contributed by atoms with E-state index < -0.39 is 34.3 Å². The lowest BCUT2D eigenvalue weighted by Crippen LogP contribution is -2.35. The lowest BCUT2D eigenvalue weighted by Gasteiger charge is -2.13. The van der Waals surface area contributed by atoms with E-state index in [1.807, 2.05) is 0 Å². The number of imide groups is 1. The fraction of sp³-hybridized carbons (Fsp3) is 0.400. The molecule has 0 radical (unpaired) electrons. The minimum absolute atomic E-state index is 0.250. The van der Waals surface area contributed by atoms with Gasteiger partial charge in [-0.25, -0.2) is 17.5 Å². The van der Waals surface area contributed by atoms with Crippen LogP contribution in [0.5, 0.6) is 0 Å². The van der Waals surface area contributed by atoms with E-state index in [1.165, 1.54) is 0 Å². The predicted octanol–water partition coefficient (Wildman–Crippen LogP) is 0.840. The maximum absolute atomic E-state index is 13.1. The van der Waals surface area contributed by atoms with E-state index in [0.29, 0.717) is 13.0 Å². The van der Waals surface area contributed by atoms with Crippen LogP contribution in [0.3, 0.4) is 0 Å². The lowest BCUT2D eigenvalue weighted by molar-refractivity contribution is -0.154. The van der Waals surface area contributed by atoms with Crippen molar-refractivity contribution in [2.75, 3.05) is 19.7 Å². The molecule has 142 valence electrons. The molecular weight excluding hydrogens is 391 g/mol. The van der Waals surface area contributed by atoms with Crippen molar-refractivity contribution in [3.8, 4) is 0 Å². The third-order valence-electron chi connectivity index (χ3n) is 3.55. The van der Waals surface area contributed by atoms with Crippen molar-refractivity contribution in [2.45, 2.75) is 24.2 Å². The summed E-state index contributed by atoms with van der Waals surface area (Å²) >= 11 is 5.54. The summed E-state index contributed by atoms with van der Waals surface area (Å²) < 4.78 is 44.0. The molecule has 0 unspecified atom stereocenters. The average Bonchev–Trinajstić information content (AvgIpc) is 3.01. The van der Waals surface area contributed by atoms with Crippen LogP contribution in [0.25, 0.3) is 0 Å². The molecule has 1 aromatic carbocycles. The zero-order valence-corrected chi connectivity index (χ0v) is 15.1. The van der Waals surface area contributed by atoms with Gasteiger partial charge in [0.05, 0.1) is 16.3 Å². The molecule has 2 amide bonds. The molecule has 26 heavy (non-hydrogen) atoms. The highest BCUT2D eigenvalue weighted by Gasteiger charge is 2.27. The van der Waals surface area contributed by atoms with Crippen molar-refractivity contribution < 1.29 is 31.9 Å². The van der Waals surface area contributed by atoms with Gasteiger partial charge in [0.25, 0.3) is 5.91 Å². The number of ether oxygens (including phenoxy) is 1. The van der Waals surface area contributed by atoms with Crippen molar-refractivity contribution in [2.24, 2.45) is 0 Å². The van der Waals surface area contributed by atoms with Crippen LogP contribution in [0, 0.1) is 5.82 Å². The summed E-state index contributed by atoms with van der Waals surface area (Å²) in [6, 6.07) is 2.90. The van der Waals surface area contributed by atoms with Crippen molar-refractivity contribution >= 4 is 39.4 Å². The molecule has 2 rings (SSSR count). The van der Waals surface area contributed by atoms with Crippen molar-refractivity contribution in [3.63, 3.8) is 0 Å². The third kappa shape index (κ3) is 5.23. The van der Waals surface area contributed by atoms with Gasteiger partial charge in [-0.1, -0.05) is 11.6 Å². The Morgan fingerprint density at radius 1 is 1.35 bits per heavy atom. The molecule has 0 aliphatic carbocycles. The minimum Gasteiger partial charge on any atom is -0.456 e. The van der Waals surface area contributed by atoms with Crippen LogP contribution < -0.4 is 4.72 Å². The van der Waals surface area contributed by atoms with Gasteiger partial charge in [-0.05, 0) is 24.6 Å². The van der Waals surface area contributed by atoms with E-state index >= 15 is 0 Å². The molecule has 1 N–H and O–H groups in total. The molecule has 0 aromatic heterocycles. The Labute approximate surface area is 154 Å². The quantitative estimate of drug-likeness (QED) is 0.672. The monoisotopic (exact) mass is 406 g/mol. The van der Waals surface area contributed by atoms with E-state index in [-0.39, 0.29) is 35.2 Å². The SMILES string of the molecule is O=C(CCNS(=O)(=O)c1ccc(F)c(Cl)c1)OCC(=O)N1CCCC1=O. The molecule has 11 heteroatoms. The molecule has 0 spiro atoms. The van der Waals surface area contributed by atoms with E-state index in [4.69, 9.17) is 16.3 Å². The summed E-state index contributed by atoms with van der Waals surface area (Å²) in [6.07, 6.45) is 0.540. The molecule has 0 bridgehead atoms. The first-order chi connectivity index (χ1) is 12.2. The van der Waals surface area contributed by atoms with Crippen LogP contribution >= 0.6 is 11.6 Å². The summed E-state index contributed by atoms with van der Waals surface area (Å²) in [5.41, 5.74) is 0. The number of nitrogens with one attached hydrogen (secondary N) is 1. The Morgan fingerprint density at radius 2 is 2.08 bits per heavy atom. The Bertz CT molecular complexity index is 829. The summed E-state index contributed by atoms with van der Waals surface area (Å²) in [5.74, 6) is -2.47. The summed E-state index contributed by atoms with van der Waals surface area (Å²) in [4.78, 5) is 35.4. The zero-order chi connectivity index (χ0) is 19.3. The normalized spacial score (nSPS) is 14.5. The Kier molecular flexibility index (Phi) is 6.68. The molecule has 0 atom stereocenters. The third-order valence-corrected chi connectivity index (χ3v) is 5.30. The second kappa shape index (κ2) is 8.56. The second-order valence-electron chi connectivity index (χ2n) is 5.43. The topological polar surface area (TPSA) is 110 Å². The average molecular weight is 407 g/mol. The van der Waals surface area contributed by atoms with Gasteiger partial charge in [-0.15, -0.1) is 0 Å².